The summed E-state index contributed by atoms with van der Waals surface area (Å²) < 4.78 is 10.6. The molecule has 0 saturated heterocycles. The molecule has 130 valence electrons. The van der Waals surface area contributed by atoms with Crippen LogP contribution < -0.4 is 10.1 Å². The molecule has 1 heterocycles. The molecule has 1 aromatic heterocycles. The SMILES string of the molecule is CC(C)(C)c1ccc(OCC(=O)NCCC(O)c2ccco2)cc1. The molecule has 0 bridgehead atoms. The van der Waals surface area contributed by atoms with Gasteiger partial charge in [0.05, 0.1) is 6.26 Å². The Balaban J connectivity index is 1.69. The maximum Gasteiger partial charge on any atom is 0.257 e. The van der Waals surface area contributed by atoms with Gasteiger partial charge >= 0.3 is 0 Å². The Hall–Kier alpha value is -2.27. The first-order chi connectivity index (χ1) is 11.4. The molecule has 0 saturated carbocycles. The van der Waals surface area contributed by atoms with Crippen LogP contribution in [0.25, 0.3) is 0 Å². The van der Waals surface area contributed by atoms with Gasteiger partial charge in [0.25, 0.3) is 5.91 Å². The number of nitrogens with one attached hydrogen (secondary N) is 1. The first kappa shape index (κ1) is 18.1. The predicted molar refractivity (Wildman–Crippen MR) is 91.9 cm³/mol. The van der Waals surface area contributed by atoms with Crippen molar-refractivity contribution in [2.24, 2.45) is 0 Å². The number of amides is 1. The van der Waals surface area contributed by atoms with E-state index in [1.54, 1.807) is 12.1 Å². The summed E-state index contributed by atoms with van der Waals surface area (Å²) in [7, 11) is 0. The molecule has 0 aliphatic heterocycles. The summed E-state index contributed by atoms with van der Waals surface area (Å²) in [6.45, 7) is 6.74. The highest BCUT2D eigenvalue weighted by Crippen LogP contribution is 2.24. The zero-order valence-corrected chi connectivity index (χ0v) is 14.4. The average molecular weight is 331 g/mol. The van der Waals surface area contributed by atoms with Crippen molar-refractivity contribution >= 4 is 5.91 Å². The lowest BCUT2D eigenvalue weighted by Gasteiger charge is -2.19. The van der Waals surface area contributed by atoms with Crippen LogP contribution in [0.3, 0.4) is 0 Å². The monoisotopic (exact) mass is 331 g/mol. The fourth-order valence-corrected chi connectivity index (χ4v) is 2.22. The van der Waals surface area contributed by atoms with Crippen LogP contribution >= 0.6 is 0 Å². The summed E-state index contributed by atoms with van der Waals surface area (Å²) in [5.74, 6) is 0.940. The van der Waals surface area contributed by atoms with Gasteiger partial charge in [-0.3, -0.25) is 4.79 Å². The molecule has 1 amide bonds. The van der Waals surface area contributed by atoms with Gasteiger partial charge in [0.15, 0.2) is 6.61 Å². The molecule has 1 unspecified atom stereocenters. The zero-order chi connectivity index (χ0) is 17.6. The first-order valence-corrected chi connectivity index (χ1v) is 8.08. The van der Waals surface area contributed by atoms with Crippen LogP contribution in [0.5, 0.6) is 5.75 Å². The lowest BCUT2D eigenvalue weighted by atomic mass is 9.87. The minimum absolute atomic E-state index is 0.0499. The minimum Gasteiger partial charge on any atom is -0.484 e. The van der Waals surface area contributed by atoms with Gasteiger partial charge in [0, 0.05) is 6.54 Å². The Morgan fingerprint density at radius 2 is 1.96 bits per heavy atom. The number of hydrogen-bond acceptors (Lipinski definition) is 4. The molecule has 5 nitrogen and oxygen atoms in total. The smallest absolute Gasteiger partial charge is 0.257 e. The Bertz CT molecular complexity index is 626. The molecule has 1 aromatic carbocycles. The number of carbonyl (C=O) groups is 1. The summed E-state index contributed by atoms with van der Waals surface area (Å²) in [4.78, 5) is 11.8. The Morgan fingerprint density at radius 3 is 2.54 bits per heavy atom. The van der Waals surface area contributed by atoms with Crippen molar-refractivity contribution in [1.29, 1.82) is 0 Å². The number of ether oxygens (including phenoxy) is 1. The molecule has 2 rings (SSSR count). The van der Waals surface area contributed by atoms with Gasteiger partial charge < -0.3 is 19.6 Å². The number of furan rings is 1. The highest BCUT2D eigenvalue weighted by molar-refractivity contribution is 5.77. The first-order valence-electron chi connectivity index (χ1n) is 8.08. The van der Waals surface area contributed by atoms with E-state index >= 15 is 0 Å². The number of aliphatic hydroxyl groups is 1. The van der Waals surface area contributed by atoms with Gasteiger partial charge in [-0.25, -0.2) is 0 Å². The fraction of sp³-hybridized carbons (Fsp3) is 0.421. The molecular formula is C19H25NO4. The van der Waals surface area contributed by atoms with Crippen molar-refractivity contribution < 1.29 is 19.1 Å². The van der Waals surface area contributed by atoms with Crippen LogP contribution in [0.15, 0.2) is 47.1 Å². The van der Waals surface area contributed by atoms with Gasteiger partial charge in [-0.2, -0.15) is 0 Å². The van der Waals surface area contributed by atoms with Crippen LogP contribution in [0, 0.1) is 0 Å². The van der Waals surface area contributed by atoms with Crippen LogP contribution in [0.1, 0.15) is 44.6 Å². The highest BCUT2D eigenvalue weighted by Gasteiger charge is 2.13. The van der Waals surface area contributed by atoms with Crippen molar-refractivity contribution in [2.45, 2.75) is 38.7 Å². The van der Waals surface area contributed by atoms with Gasteiger partial charge in [0.2, 0.25) is 0 Å². The lowest BCUT2D eigenvalue weighted by Crippen LogP contribution is -2.30. The summed E-state index contributed by atoms with van der Waals surface area (Å²) in [6, 6.07) is 11.2. The minimum atomic E-state index is -0.717. The maximum absolute atomic E-state index is 11.8. The molecular weight excluding hydrogens is 306 g/mol. The largest absolute Gasteiger partial charge is 0.484 e. The second-order valence-electron chi connectivity index (χ2n) is 6.73. The Labute approximate surface area is 142 Å². The van der Waals surface area contributed by atoms with E-state index in [9.17, 15) is 9.90 Å². The third-order valence-electron chi connectivity index (χ3n) is 3.70. The van der Waals surface area contributed by atoms with Crippen molar-refractivity contribution in [3.8, 4) is 5.75 Å². The average Bonchev–Trinajstić information content (AvgIpc) is 3.07. The maximum atomic E-state index is 11.8. The molecule has 1 atom stereocenters. The van der Waals surface area contributed by atoms with Crippen LogP contribution in [0.4, 0.5) is 0 Å². The van der Waals surface area contributed by atoms with E-state index in [0.29, 0.717) is 24.5 Å². The molecule has 2 N–H and O–H groups in total. The van der Waals surface area contributed by atoms with Crippen molar-refractivity contribution in [1.82, 2.24) is 5.32 Å². The molecule has 24 heavy (non-hydrogen) atoms. The normalized spacial score (nSPS) is 12.7. The number of rotatable bonds is 7. The summed E-state index contributed by atoms with van der Waals surface area (Å²) in [5, 5.41) is 12.6. The Kier molecular flexibility index (Phi) is 6.04. The van der Waals surface area contributed by atoms with E-state index in [1.165, 1.54) is 11.8 Å². The summed E-state index contributed by atoms with van der Waals surface area (Å²) in [6.07, 6.45) is 1.18. The van der Waals surface area contributed by atoms with E-state index in [-0.39, 0.29) is 17.9 Å². The number of hydrogen-bond donors (Lipinski definition) is 2. The zero-order valence-electron chi connectivity index (χ0n) is 14.4. The summed E-state index contributed by atoms with van der Waals surface area (Å²) in [5.41, 5.74) is 1.30. The van der Waals surface area contributed by atoms with E-state index in [4.69, 9.17) is 9.15 Å². The molecule has 5 heteroatoms. The van der Waals surface area contributed by atoms with E-state index in [0.717, 1.165) is 0 Å². The molecule has 2 aromatic rings. The van der Waals surface area contributed by atoms with Crippen LogP contribution in [0.2, 0.25) is 0 Å². The predicted octanol–water partition coefficient (Wildman–Crippen LogP) is 3.20. The molecule has 0 spiro atoms. The number of carbonyl (C=O) groups excluding carboxylic acids is 1. The van der Waals surface area contributed by atoms with Crippen molar-refractivity contribution in [3.63, 3.8) is 0 Å². The third kappa shape index (κ3) is 5.42. The van der Waals surface area contributed by atoms with Crippen molar-refractivity contribution in [2.75, 3.05) is 13.2 Å². The van der Waals surface area contributed by atoms with Gasteiger partial charge in [0.1, 0.15) is 17.6 Å². The topological polar surface area (TPSA) is 71.7 Å². The van der Waals surface area contributed by atoms with Gasteiger partial charge in [-0.05, 0) is 41.7 Å². The standard InChI is InChI=1S/C19H25NO4/c1-19(2,3)14-6-8-15(9-7-14)24-13-18(22)20-11-10-16(21)17-5-4-12-23-17/h4-9,12,16,21H,10-11,13H2,1-3H3,(H,20,22). The van der Waals surface area contributed by atoms with Gasteiger partial charge in [-0.1, -0.05) is 32.9 Å². The van der Waals surface area contributed by atoms with Gasteiger partial charge in [-0.15, -0.1) is 0 Å². The second-order valence-corrected chi connectivity index (χ2v) is 6.73. The van der Waals surface area contributed by atoms with Crippen LogP contribution in [-0.2, 0) is 10.2 Å². The van der Waals surface area contributed by atoms with E-state index in [2.05, 4.69) is 26.1 Å². The molecule has 0 fully saturated rings. The highest BCUT2D eigenvalue weighted by atomic mass is 16.5. The molecule has 0 aliphatic carbocycles. The molecule has 0 aliphatic rings. The quantitative estimate of drug-likeness (QED) is 0.817. The Morgan fingerprint density at radius 1 is 1.25 bits per heavy atom. The fourth-order valence-electron chi connectivity index (χ4n) is 2.22. The summed E-state index contributed by atoms with van der Waals surface area (Å²) >= 11 is 0. The van der Waals surface area contributed by atoms with Crippen LogP contribution in [-0.4, -0.2) is 24.2 Å². The molecule has 0 radical (unpaired) electrons. The number of benzene rings is 1. The number of aliphatic hydroxyl groups excluding tert-OH is 1. The van der Waals surface area contributed by atoms with Crippen molar-refractivity contribution in [3.05, 3.63) is 54.0 Å². The lowest BCUT2D eigenvalue weighted by molar-refractivity contribution is -0.123. The third-order valence-corrected chi connectivity index (χ3v) is 3.70. The van der Waals surface area contributed by atoms with E-state index in [1.807, 2.05) is 24.3 Å². The van der Waals surface area contributed by atoms with E-state index < -0.39 is 6.10 Å². The second kappa shape index (κ2) is 8.02.